The van der Waals surface area contributed by atoms with Crippen molar-refractivity contribution in [3.05, 3.63) is 35.6 Å². The highest BCUT2D eigenvalue weighted by atomic mass is 19.1. The highest BCUT2D eigenvalue weighted by Crippen LogP contribution is 2.17. The third-order valence-electron chi connectivity index (χ3n) is 4.09. The minimum Gasteiger partial charge on any atom is -0.480 e. The highest BCUT2D eigenvalue weighted by Gasteiger charge is 2.21. The number of likely N-dealkylation sites (tertiary alicyclic amines) is 1. The van der Waals surface area contributed by atoms with E-state index < -0.39 is 5.97 Å². The molecule has 1 saturated heterocycles. The minimum atomic E-state index is -0.779. The van der Waals surface area contributed by atoms with Gasteiger partial charge in [-0.3, -0.25) is 14.6 Å². The number of aliphatic carboxylic acids is 1. The maximum Gasteiger partial charge on any atom is 0.317 e. The largest absolute Gasteiger partial charge is 0.480 e. The molecule has 1 aromatic rings. The summed E-state index contributed by atoms with van der Waals surface area (Å²) >= 11 is 0. The molecule has 116 valence electrons. The van der Waals surface area contributed by atoms with Crippen LogP contribution in [0.3, 0.4) is 0 Å². The summed E-state index contributed by atoms with van der Waals surface area (Å²) in [6, 6.07) is 7.05. The fraction of sp³-hybridized carbons (Fsp3) is 0.562. The maximum atomic E-state index is 13.2. The van der Waals surface area contributed by atoms with Crippen LogP contribution >= 0.6 is 0 Å². The third kappa shape index (κ3) is 5.10. The third-order valence-corrected chi connectivity index (χ3v) is 4.09. The first-order chi connectivity index (χ1) is 10.0. The lowest BCUT2D eigenvalue weighted by atomic mass is 10.1. The number of carbonyl (C=O) groups is 1. The molecule has 1 fully saturated rings. The molecule has 1 aromatic carbocycles. The topological polar surface area (TPSA) is 43.8 Å². The summed E-state index contributed by atoms with van der Waals surface area (Å²) in [5, 5.41) is 8.87. The number of carboxylic acids is 1. The lowest BCUT2D eigenvalue weighted by Crippen LogP contribution is -2.36. The molecule has 0 saturated carbocycles. The number of benzene rings is 1. The highest BCUT2D eigenvalue weighted by molar-refractivity contribution is 5.69. The van der Waals surface area contributed by atoms with Gasteiger partial charge in [0, 0.05) is 12.6 Å². The van der Waals surface area contributed by atoms with Gasteiger partial charge in [0.05, 0.1) is 6.54 Å². The van der Waals surface area contributed by atoms with E-state index in [0.717, 1.165) is 44.5 Å². The van der Waals surface area contributed by atoms with Gasteiger partial charge in [-0.25, -0.2) is 4.39 Å². The van der Waals surface area contributed by atoms with Gasteiger partial charge in [-0.05, 0) is 57.1 Å². The molecule has 0 radical (unpaired) electrons. The number of hydrogen-bond acceptors (Lipinski definition) is 3. The Labute approximate surface area is 125 Å². The Morgan fingerprint density at radius 2 is 2.24 bits per heavy atom. The summed E-state index contributed by atoms with van der Waals surface area (Å²) in [6.07, 6.45) is 3.02. The lowest BCUT2D eigenvalue weighted by molar-refractivity contribution is -0.138. The molecule has 4 nitrogen and oxygen atoms in total. The van der Waals surface area contributed by atoms with E-state index in [9.17, 15) is 9.18 Å². The zero-order valence-electron chi connectivity index (χ0n) is 12.5. The normalized spacial score (nSPS) is 20.4. The van der Waals surface area contributed by atoms with Gasteiger partial charge in [0.15, 0.2) is 0 Å². The van der Waals surface area contributed by atoms with Crippen molar-refractivity contribution in [1.82, 2.24) is 9.80 Å². The molecular formula is C16H23FN2O2. The average Bonchev–Trinajstić information content (AvgIpc) is 2.63. The first kappa shape index (κ1) is 15.9. The molecule has 0 spiro atoms. The molecule has 2 rings (SSSR count). The predicted molar refractivity (Wildman–Crippen MR) is 79.6 cm³/mol. The second-order valence-corrected chi connectivity index (χ2v) is 5.80. The van der Waals surface area contributed by atoms with Crippen molar-refractivity contribution in [2.75, 3.05) is 26.7 Å². The molecule has 5 heteroatoms. The van der Waals surface area contributed by atoms with Crippen LogP contribution in [0.4, 0.5) is 4.39 Å². The zero-order chi connectivity index (χ0) is 15.2. The van der Waals surface area contributed by atoms with Crippen molar-refractivity contribution in [3.8, 4) is 0 Å². The van der Waals surface area contributed by atoms with Crippen molar-refractivity contribution in [2.24, 2.45) is 0 Å². The van der Waals surface area contributed by atoms with Crippen molar-refractivity contribution >= 4 is 5.97 Å². The summed E-state index contributed by atoms with van der Waals surface area (Å²) in [6.45, 7) is 2.75. The Balaban J connectivity index is 1.87. The molecule has 21 heavy (non-hydrogen) atoms. The quantitative estimate of drug-likeness (QED) is 0.904. The first-order valence-electron chi connectivity index (χ1n) is 7.43. The zero-order valence-corrected chi connectivity index (χ0v) is 12.5. The number of likely N-dealkylation sites (N-methyl/N-ethyl adjacent to an activating group) is 1. The average molecular weight is 294 g/mol. The Kier molecular flexibility index (Phi) is 5.70. The van der Waals surface area contributed by atoms with Crippen LogP contribution in [0.1, 0.15) is 24.8 Å². The number of rotatable bonds is 5. The fourth-order valence-corrected chi connectivity index (χ4v) is 2.97. The van der Waals surface area contributed by atoms with Crippen LogP contribution in [0.25, 0.3) is 0 Å². The van der Waals surface area contributed by atoms with Crippen LogP contribution in [0.5, 0.6) is 0 Å². The predicted octanol–water partition coefficient (Wildman–Crippen LogP) is 2.20. The Morgan fingerprint density at radius 3 is 2.95 bits per heavy atom. The van der Waals surface area contributed by atoms with Gasteiger partial charge in [0.1, 0.15) is 5.82 Å². The summed E-state index contributed by atoms with van der Waals surface area (Å²) in [4.78, 5) is 15.0. The Morgan fingerprint density at radius 1 is 1.43 bits per heavy atom. The van der Waals surface area contributed by atoms with Crippen LogP contribution in [0.15, 0.2) is 24.3 Å². The number of hydrogen-bond donors (Lipinski definition) is 1. The first-order valence-corrected chi connectivity index (χ1v) is 7.43. The standard InChI is InChI=1S/C16H23FN2O2/c1-18(12-16(20)21)15-6-3-8-19(9-7-15)11-13-4-2-5-14(17)10-13/h2,4-5,10,15H,3,6-9,11-12H2,1H3,(H,20,21). The van der Waals surface area contributed by atoms with Gasteiger partial charge in [0.2, 0.25) is 0 Å². The van der Waals surface area contributed by atoms with Crippen LogP contribution in [-0.4, -0.2) is 53.6 Å². The van der Waals surface area contributed by atoms with E-state index >= 15 is 0 Å². The number of halogens is 1. The molecule has 1 aliphatic rings. The summed E-state index contributed by atoms with van der Waals surface area (Å²) in [5.74, 6) is -0.972. The van der Waals surface area contributed by atoms with Crippen LogP contribution in [-0.2, 0) is 11.3 Å². The Bertz CT molecular complexity index is 481. The molecular weight excluding hydrogens is 271 g/mol. The van der Waals surface area contributed by atoms with E-state index in [0.29, 0.717) is 6.04 Å². The minimum absolute atomic E-state index is 0.0918. The van der Waals surface area contributed by atoms with E-state index in [4.69, 9.17) is 5.11 Å². The van der Waals surface area contributed by atoms with Gasteiger partial charge in [-0.2, -0.15) is 0 Å². The molecule has 1 atom stereocenters. The van der Waals surface area contributed by atoms with Gasteiger partial charge in [-0.1, -0.05) is 12.1 Å². The summed E-state index contributed by atoms with van der Waals surface area (Å²) in [7, 11) is 1.88. The summed E-state index contributed by atoms with van der Waals surface area (Å²) < 4.78 is 13.2. The molecule has 0 aromatic heterocycles. The van der Waals surface area contributed by atoms with E-state index in [1.807, 2.05) is 18.0 Å². The van der Waals surface area contributed by atoms with Crippen LogP contribution < -0.4 is 0 Å². The lowest BCUT2D eigenvalue weighted by Gasteiger charge is -2.25. The molecule has 1 heterocycles. The van der Waals surface area contributed by atoms with Gasteiger partial charge in [0.25, 0.3) is 0 Å². The van der Waals surface area contributed by atoms with Crippen molar-refractivity contribution in [2.45, 2.75) is 31.8 Å². The number of carboxylic acid groups (broad SMARTS) is 1. The van der Waals surface area contributed by atoms with Gasteiger partial charge >= 0.3 is 5.97 Å². The monoisotopic (exact) mass is 294 g/mol. The van der Waals surface area contributed by atoms with E-state index in [2.05, 4.69) is 4.90 Å². The maximum absolute atomic E-state index is 13.2. The van der Waals surface area contributed by atoms with Crippen molar-refractivity contribution in [1.29, 1.82) is 0 Å². The van der Waals surface area contributed by atoms with Gasteiger partial charge in [-0.15, -0.1) is 0 Å². The van der Waals surface area contributed by atoms with E-state index in [1.54, 1.807) is 12.1 Å². The van der Waals surface area contributed by atoms with Crippen molar-refractivity contribution < 1.29 is 14.3 Å². The van der Waals surface area contributed by atoms with Crippen LogP contribution in [0.2, 0.25) is 0 Å². The molecule has 0 aliphatic carbocycles. The molecule has 1 unspecified atom stereocenters. The summed E-state index contributed by atoms with van der Waals surface area (Å²) in [5.41, 5.74) is 0.993. The second kappa shape index (κ2) is 7.52. The second-order valence-electron chi connectivity index (χ2n) is 5.80. The number of nitrogens with zero attached hydrogens (tertiary/aromatic N) is 2. The Hall–Kier alpha value is -1.46. The van der Waals surface area contributed by atoms with Crippen LogP contribution in [0, 0.1) is 5.82 Å². The molecule has 1 aliphatic heterocycles. The van der Waals surface area contributed by atoms with Crippen molar-refractivity contribution in [3.63, 3.8) is 0 Å². The van der Waals surface area contributed by atoms with Gasteiger partial charge < -0.3 is 5.11 Å². The molecule has 1 N–H and O–H groups in total. The molecule has 0 amide bonds. The van der Waals surface area contributed by atoms with E-state index in [-0.39, 0.29) is 12.4 Å². The van der Waals surface area contributed by atoms with E-state index in [1.165, 1.54) is 6.07 Å². The smallest absolute Gasteiger partial charge is 0.317 e. The molecule has 0 bridgehead atoms. The fourth-order valence-electron chi connectivity index (χ4n) is 2.97. The SMILES string of the molecule is CN(CC(=O)O)C1CCCN(Cc2cccc(F)c2)CC1.